The third kappa shape index (κ3) is 4.39. The molecule has 0 atom stereocenters. The number of anilines is 1. The smallest absolute Gasteiger partial charge is 0.226 e. The number of nitrogens with one attached hydrogen (secondary N) is 1. The number of rotatable bonds is 4. The van der Waals surface area contributed by atoms with Crippen LogP contribution in [0.3, 0.4) is 0 Å². The van der Waals surface area contributed by atoms with E-state index in [1.165, 1.54) is 4.90 Å². The van der Waals surface area contributed by atoms with Crippen LogP contribution in [0.2, 0.25) is 0 Å². The molecule has 0 saturated carbocycles. The average Bonchev–Trinajstić information content (AvgIpc) is 2.43. The number of benzene rings is 2. The highest BCUT2D eigenvalue weighted by Gasteiger charge is 2.06. The Morgan fingerprint density at radius 3 is 2.00 bits per heavy atom. The van der Waals surface area contributed by atoms with Crippen LogP contribution in [0.5, 0.6) is 0 Å². The molecule has 104 valence electrons. The van der Waals surface area contributed by atoms with Crippen LogP contribution in [-0.4, -0.2) is 5.91 Å². The fraction of sp³-hybridized carbons (Fsp3) is 0.188. The van der Waals surface area contributed by atoms with Gasteiger partial charge in [-0.15, -0.1) is 0 Å². The van der Waals surface area contributed by atoms with Gasteiger partial charge in [0.25, 0.3) is 0 Å². The number of carbonyl (C=O) groups is 1. The molecule has 2 nitrogen and oxygen atoms in total. The third-order valence-electron chi connectivity index (χ3n) is 2.70. The van der Waals surface area contributed by atoms with Gasteiger partial charge in [-0.05, 0) is 48.5 Å². The maximum Gasteiger partial charge on any atom is 0.226 e. The highest BCUT2D eigenvalue weighted by Crippen LogP contribution is 2.29. The zero-order valence-corrected chi connectivity index (χ0v) is 13.8. The Balaban J connectivity index is 2.01. The standard InChI is InChI=1S/C16H16BrNOS/c1-11(2)16(19)18-13-5-9-15(10-6-13)20-14-7-3-12(17)4-8-14/h3-11H,1-2H3,(H,18,19). The summed E-state index contributed by atoms with van der Waals surface area (Å²) in [5.74, 6) is 0.0325. The number of hydrogen-bond donors (Lipinski definition) is 1. The lowest BCUT2D eigenvalue weighted by Gasteiger charge is -2.08. The van der Waals surface area contributed by atoms with Crippen LogP contribution in [0.15, 0.2) is 62.8 Å². The van der Waals surface area contributed by atoms with Crippen molar-refractivity contribution in [2.24, 2.45) is 5.92 Å². The molecule has 2 aromatic carbocycles. The number of halogens is 1. The maximum atomic E-state index is 11.6. The van der Waals surface area contributed by atoms with E-state index >= 15 is 0 Å². The molecule has 0 fully saturated rings. The Labute approximate surface area is 132 Å². The SMILES string of the molecule is CC(C)C(=O)Nc1ccc(Sc2ccc(Br)cc2)cc1. The first kappa shape index (κ1) is 15.1. The van der Waals surface area contributed by atoms with Crippen molar-refractivity contribution in [3.63, 3.8) is 0 Å². The van der Waals surface area contributed by atoms with Crippen LogP contribution in [0.4, 0.5) is 5.69 Å². The van der Waals surface area contributed by atoms with E-state index in [4.69, 9.17) is 0 Å². The van der Waals surface area contributed by atoms with Gasteiger partial charge in [0, 0.05) is 25.9 Å². The Hall–Kier alpha value is -1.26. The summed E-state index contributed by atoms with van der Waals surface area (Å²) in [6, 6.07) is 16.1. The van der Waals surface area contributed by atoms with Crippen molar-refractivity contribution in [1.82, 2.24) is 0 Å². The second kappa shape index (κ2) is 6.95. The van der Waals surface area contributed by atoms with Gasteiger partial charge in [-0.2, -0.15) is 0 Å². The van der Waals surface area contributed by atoms with Gasteiger partial charge in [0.1, 0.15) is 0 Å². The molecule has 0 unspecified atom stereocenters. The molecular formula is C16H16BrNOS. The van der Waals surface area contributed by atoms with E-state index in [0.717, 1.165) is 15.1 Å². The molecular weight excluding hydrogens is 334 g/mol. The van der Waals surface area contributed by atoms with Crippen molar-refractivity contribution >= 4 is 39.3 Å². The molecule has 0 aliphatic rings. The molecule has 1 amide bonds. The number of carbonyl (C=O) groups excluding carboxylic acids is 1. The van der Waals surface area contributed by atoms with E-state index in [0.29, 0.717) is 0 Å². The molecule has 0 aromatic heterocycles. The van der Waals surface area contributed by atoms with Gasteiger partial charge in [0.05, 0.1) is 0 Å². The van der Waals surface area contributed by atoms with Crippen LogP contribution >= 0.6 is 27.7 Å². The first-order valence-corrected chi connectivity index (χ1v) is 8.00. The van der Waals surface area contributed by atoms with Crippen LogP contribution in [0, 0.1) is 5.92 Å². The third-order valence-corrected chi connectivity index (χ3v) is 4.24. The number of amides is 1. The molecule has 4 heteroatoms. The van der Waals surface area contributed by atoms with Crippen LogP contribution in [0.1, 0.15) is 13.8 Å². The Bertz CT molecular complexity index is 578. The molecule has 0 spiro atoms. The zero-order chi connectivity index (χ0) is 14.5. The lowest BCUT2D eigenvalue weighted by atomic mass is 10.2. The average molecular weight is 350 g/mol. The zero-order valence-electron chi connectivity index (χ0n) is 11.4. The minimum absolute atomic E-state index is 0.00758. The van der Waals surface area contributed by atoms with Crippen LogP contribution in [-0.2, 0) is 4.79 Å². The maximum absolute atomic E-state index is 11.6. The molecule has 0 radical (unpaired) electrons. The Kier molecular flexibility index (Phi) is 5.26. The van der Waals surface area contributed by atoms with Gasteiger partial charge in [-0.25, -0.2) is 0 Å². The second-order valence-electron chi connectivity index (χ2n) is 4.72. The van der Waals surface area contributed by atoms with Gasteiger partial charge >= 0.3 is 0 Å². The summed E-state index contributed by atoms with van der Waals surface area (Å²) >= 11 is 5.12. The Morgan fingerprint density at radius 1 is 1.00 bits per heavy atom. The van der Waals surface area contributed by atoms with E-state index in [1.54, 1.807) is 11.8 Å². The predicted octanol–water partition coefficient (Wildman–Crippen LogP) is 5.19. The van der Waals surface area contributed by atoms with Gasteiger partial charge in [0.15, 0.2) is 0 Å². The van der Waals surface area contributed by atoms with Crippen LogP contribution in [0.25, 0.3) is 0 Å². The molecule has 0 bridgehead atoms. The summed E-state index contributed by atoms with van der Waals surface area (Å²) in [5, 5.41) is 2.89. The van der Waals surface area contributed by atoms with E-state index in [2.05, 4.69) is 33.4 Å². The summed E-state index contributed by atoms with van der Waals surface area (Å²) in [6.45, 7) is 3.76. The van der Waals surface area contributed by atoms with Gasteiger partial charge in [-0.3, -0.25) is 4.79 Å². The lowest BCUT2D eigenvalue weighted by Crippen LogP contribution is -2.17. The molecule has 2 rings (SSSR count). The number of hydrogen-bond acceptors (Lipinski definition) is 2. The molecule has 0 aliphatic heterocycles. The van der Waals surface area contributed by atoms with E-state index in [-0.39, 0.29) is 11.8 Å². The van der Waals surface area contributed by atoms with E-state index in [1.807, 2.05) is 50.2 Å². The highest BCUT2D eigenvalue weighted by atomic mass is 79.9. The Morgan fingerprint density at radius 2 is 1.50 bits per heavy atom. The van der Waals surface area contributed by atoms with Crippen molar-refractivity contribution < 1.29 is 4.79 Å². The quantitative estimate of drug-likeness (QED) is 0.822. The highest BCUT2D eigenvalue weighted by molar-refractivity contribution is 9.10. The topological polar surface area (TPSA) is 29.1 Å². The molecule has 1 N–H and O–H groups in total. The van der Waals surface area contributed by atoms with Gasteiger partial charge in [-0.1, -0.05) is 41.5 Å². The fourth-order valence-corrected chi connectivity index (χ4v) is 2.61. The summed E-state index contributed by atoms with van der Waals surface area (Å²) in [6.07, 6.45) is 0. The molecule has 2 aromatic rings. The minimum atomic E-state index is -0.00758. The normalized spacial score (nSPS) is 10.6. The van der Waals surface area contributed by atoms with Gasteiger partial charge in [0.2, 0.25) is 5.91 Å². The van der Waals surface area contributed by atoms with Crippen LogP contribution < -0.4 is 5.32 Å². The monoisotopic (exact) mass is 349 g/mol. The minimum Gasteiger partial charge on any atom is -0.326 e. The summed E-state index contributed by atoms with van der Waals surface area (Å²) in [4.78, 5) is 13.9. The second-order valence-corrected chi connectivity index (χ2v) is 6.79. The molecule has 0 saturated heterocycles. The van der Waals surface area contributed by atoms with E-state index < -0.39 is 0 Å². The summed E-state index contributed by atoms with van der Waals surface area (Å²) in [7, 11) is 0. The fourth-order valence-electron chi connectivity index (χ4n) is 1.53. The molecule has 0 heterocycles. The summed E-state index contributed by atoms with van der Waals surface area (Å²) < 4.78 is 1.08. The van der Waals surface area contributed by atoms with E-state index in [9.17, 15) is 4.79 Å². The van der Waals surface area contributed by atoms with Crippen molar-refractivity contribution in [2.45, 2.75) is 23.6 Å². The first-order chi connectivity index (χ1) is 9.54. The van der Waals surface area contributed by atoms with Crippen molar-refractivity contribution in [3.05, 3.63) is 53.0 Å². The first-order valence-electron chi connectivity index (χ1n) is 6.39. The molecule has 0 aliphatic carbocycles. The van der Waals surface area contributed by atoms with Crippen molar-refractivity contribution in [3.8, 4) is 0 Å². The summed E-state index contributed by atoms with van der Waals surface area (Å²) in [5.41, 5.74) is 0.837. The lowest BCUT2D eigenvalue weighted by molar-refractivity contribution is -0.118. The van der Waals surface area contributed by atoms with Gasteiger partial charge < -0.3 is 5.32 Å². The van der Waals surface area contributed by atoms with Crippen molar-refractivity contribution in [2.75, 3.05) is 5.32 Å². The van der Waals surface area contributed by atoms with Crippen molar-refractivity contribution in [1.29, 1.82) is 0 Å². The molecule has 20 heavy (non-hydrogen) atoms. The largest absolute Gasteiger partial charge is 0.326 e. The predicted molar refractivity (Wildman–Crippen MR) is 88.2 cm³/mol.